The molecule has 2 heteroatoms. The van der Waals surface area contributed by atoms with Gasteiger partial charge >= 0.3 is 93.3 Å². The number of nitrogens with zero attached hydrogens (tertiary/aromatic N) is 1. The Morgan fingerprint density at radius 1 is 0.923 bits per heavy atom. The molecule has 0 heterocycles. The molecule has 0 rings (SSSR count). The molecule has 0 aromatic heterocycles. The quantitative estimate of drug-likeness (QED) is 0.599. The van der Waals surface area contributed by atoms with Crippen LogP contribution >= 0.6 is 0 Å². The van der Waals surface area contributed by atoms with Crippen molar-refractivity contribution in [3.05, 3.63) is 0 Å². The molecule has 0 fully saturated rings. The van der Waals surface area contributed by atoms with Crippen molar-refractivity contribution in [2.24, 2.45) is 0 Å². The Morgan fingerprint density at radius 3 is 1.54 bits per heavy atom. The van der Waals surface area contributed by atoms with Gasteiger partial charge < -0.3 is 0 Å². The van der Waals surface area contributed by atoms with E-state index < -0.39 is 0 Å². The van der Waals surface area contributed by atoms with Crippen LogP contribution in [-0.4, -0.2) is 40.2 Å². The Kier molecular flexibility index (Phi) is 5.08. The number of hydrogen-bond donors (Lipinski definition) is 0. The maximum atomic E-state index is 2.59. The zero-order chi connectivity index (χ0) is 10.7. The van der Waals surface area contributed by atoms with Crippen LogP contribution in [0.1, 0.15) is 48.0 Å². The van der Waals surface area contributed by atoms with Crippen molar-refractivity contribution in [2.45, 2.75) is 64.1 Å². The van der Waals surface area contributed by atoms with E-state index >= 15 is 0 Å². The zero-order valence-corrected chi connectivity index (χ0v) is 10.6. The van der Waals surface area contributed by atoms with Crippen molar-refractivity contribution in [2.75, 3.05) is 6.54 Å². The molecule has 0 aliphatic heterocycles. The van der Waals surface area contributed by atoms with Crippen LogP contribution in [0.3, 0.4) is 0 Å². The minimum absolute atomic E-state index is 0.285. The molecule has 0 unspecified atom stereocenters. The van der Waals surface area contributed by atoms with E-state index in [-0.39, 0.29) is 11.1 Å². The van der Waals surface area contributed by atoms with Crippen molar-refractivity contribution in [1.82, 2.24) is 4.90 Å². The summed E-state index contributed by atoms with van der Waals surface area (Å²) in [5, 5.41) is 1.28. The predicted molar refractivity (Wildman–Crippen MR) is 61.4 cm³/mol. The average molecular weight is 177 g/mol. The van der Waals surface area contributed by atoms with Crippen LogP contribution in [0.5, 0.6) is 0 Å². The van der Waals surface area contributed by atoms with E-state index in [1.54, 1.807) is 0 Å². The number of rotatable bonds is 3. The molecule has 0 bridgehead atoms. The maximum absolute atomic E-state index is 2.59. The van der Waals surface area contributed by atoms with Gasteiger partial charge in [-0.1, -0.05) is 0 Å². The topological polar surface area (TPSA) is 3.24 Å². The van der Waals surface area contributed by atoms with Gasteiger partial charge in [-0.2, -0.15) is 0 Å². The van der Waals surface area contributed by atoms with Crippen LogP contribution in [0, 0.1) is 0 Å². The normalized spacial score (nSPS) is 13.9. The van der Waals surface area contributed by atoms with Gasteiger partial charge in [0.2, 0.25) is 0 Å². The second-order valence-electron chi connectivity index (χ2n) is 5.85. The summed E-state index contributed by atoms with van der Waals surface area (Å²) in [5.41, 5.74) is 0.570. The van der Waals surface area contributed by atoms with Crippen molar-refractivity contribution in [3.63, 3.8) is 0 Å². The Morgan fingerprint density at radius 2 is 1.31 bits per heavy atom. The van der Waals surface area contributed by atoms with Gasteiger partial charge in [0.05, 0.1) is 0 Å². The summed E-state index contributed by atoms with van der Waals surface area (Å²) in [7, 11) is 0. The van der Waals surface area contributed by atoms with E-state index in [1.807, 2.05) is 0 Å². The standard InChI is InChI=1S/C11H24N.Li/c1-8-9-12(10(2,3)4)11(5,6)7;/h1,8-9H2,2-7H3;. The molecular formula is C11H24LiN. The first-order chi connectivity index (χ1) is 5.69. The summed E-state index contributed by atoms with van der Waals surface area (Å²) in [6, 6.07) is 0. The van der Waals surface area contributed by atoms with E-state index in [0.717, 1.165) is 0 Å². The summed E-state index contributed by atoms with van der Waals surface area (Å²) in [4.78, 5) is 2.59. The SMILES string of the molecule is [Li][CH2]CCN(C(C)(C)C)C(C)(C)C. The summed E-state index contributed by atoms with van der Waals surface area (Å²) in [6.07, 6.45) is 1.30. The molecule has 0 saturated heterocycles. The van der Waals surface area contributed by atoms with Gasteiger partial charge in [-0.3, -0.25) is 0 Å². The molecule has 0 amide bonds. The summed E-state index contributed by atoms with van der Waals surface area (Å²) < 4.78 is 0. The molecule has 0 aromatic carbocycles. The van der Waals surface area contributed by atoms with Crippen LogP contribution in [-0.2, 0) is 0 Å². The zero-order valence-electron chi connectivity index (χ0n) is 10.6. The Labute approximate surface area is 93.5 Å². The number of hydrogen-bond acceptors (Lipinski definition) is 1. The molecule has 0 aliphatic carbocycles. The third kappa shape index (κ3) is 5.11. The first-order valence-corrected chi connectivity index (χ1v) is 5.47. The fourth-order valence-corrected chi connectivity index (χ4v) is 1.99. The second kappa shape index (κ2) is 4.87. The molecule has 0 aromatic rings. The van der Waals surface area contributed by atoms with Crippen LogP contribution in [0.25, 0.3) is 0 Å². The minimum atomic E-state index is 0.285. The summed E-state index contributed by atoms with van der Waals surface area (Å²) in [6.45, 7) is 15.0. The molecule has 0 aliphatic rings. The second-order valence-corrected chi connectivity index (χ2v) is 5.85. The van der Waals surface area contributed by atoms with E-state index in [4.69, 9.17) is 0 Å². The van der Waals surface area contributed by atoms with Gasteiger partial charge in [0, 0.05) is 0 Å². The van der Waals surface area contributed by atoms with Crippen LogP contribution in [0.15, 0.2) is 0 Å². The van der Waals surface area contributed by atoms with E-state index in [0.29, 0.717) is 0 Å². The Hall–Kier alpha value is 0.557. The third-order valence-corrected chi connectivity index (χ3v) is 2.35. The monoisotopic (exact) mass is 177 g/mol. The fraction of sp³-hybridized carbons (Fsp3) is 1.00. The summed E-state index contributed by atoms with van der Waals surface area (Å²) >= 11 is 2.25. The van der Waals surface area contributed by atoms with E-state index in [9.17, 15) is 0 Å². The van der Waals surface area contributed by atoms with Gasteiger partial charge in [0.25, 0.3) is 0 Å². The average Bonchev–Trinajstić information content (AvgIpc) is 1.81. The van der Waals surface area contributed by atoms with E-state index in [2.05, 4.69) is 64.2 Å². The van der Waals surface area contributed by atoms with Crippen molar-refractivity contribution < 1.29 is 0 Å². The molecule has 1 nitrogen and oxygen atoms in total. The van der Waals surface area contributed by atoms with Crippen LogP contribution in [0.2, 0.25) is 5.09 Å². The van der Waals surface area contributed by atoms with Crippen molar-refractivity contribution >= 4 is 17.7 Å². The van der Waals surface area contributed by atoms with E-state index in [1.165, 1.54) is 18.1 Å². The Bertz CT molecular complexity index is 127. The molecule has 13 heavy (non-hydrogen) atoms. The van der Waals surface area contributed by atoms with Crippen molar-refractivity contribution in [3.8, 4) is 0 Å². The molecule has 0 spiro atoms. The van der Waals surface area contributed by atoms with Gasteiger partial charge in [0.15, 0.2) is 0 Å². The van der Waals surface area contributed by atoms with Gasteiger partial charge in [-0.25, -0.2) is 0 Å². The first-order valence-electron chi connectivity index (χ1n) is 5.47. The Balaban J connectivity index is 4.39. The summed E-state index contributed by atoms with van der Waals surface area (Å²) in [5.74, 6) is 0. The predicted octanol–water partition coefficient (Wildman–Crippen LogP) is 2.86. The van der Waals surface area contributed by atoms with Gasteiger partial charge in [0.1, 0.15) is 0 Å². The van der Waals surface area contributed by atoms with Crippen molar-refractivity contribution in [1.29, 1.82) is 0 Å². The molecule has 0 N–H and O–H groups in total. The first kappa shape index (κ1) is 13.6. The van der Waals surface area contributed by atoms with Crippen LogP contribution in [0.4, 0.5) is 0 Å². The molecule has 0 saturated carbocycles. The van der Waals surface area contributed by atoms with Crippen LogP contribution < -0.4 is 0 Å². The molecular weight excluding hydrogens is 153 g/mol. The third-order valence-electron chi connectivity index (χ3n) is 2.35. The van der Waals surface area contributed by atoms with Gasteiger partial charge in [-0.05, 0) is 0 Å². The molecule has 0 atom stereocenters. The molecule has 74 valence electrons. The van der Waals surface area contributed by atoms with Gasteiger partial charge in [-0.15, -0.1) is 0 Å². The fourth-order valence-electron chi connectivity index (χ4n) is 1.99. The molecule has 0 radical (unpaired) electrons.